The number of thioether (sulfide) groups is 1. The summed E-state index contributed by atoms with van der Waals surface area (Å²) in [4.78, 5) is 8.37. The number of rotatable bonds is 3. The van der Waals surface area contributed by atoms with Crippen LogP contribution in [0, 0.1) is 0 Å². The van der Waals surface area contributed by atoms with E-state index in [1.807, 2.05) is 30.3 Å². The highest BCUT2D eigenvalue weighted by molar-refractivity contribution is 7.98. The third-order valence-corrected chi connectivity index (χ3v) is 3.40. The first-order valence-corrected chi connectivity index (χ1v) is 6.47. The van der Waals surface area contributed by atoms with Crippen LogP contribution in [0.1, 0.15) is 5.56 Å². The van der Waals surface area contributed by atoms with Gasteiger partial charge in [-0.05, 0) is 35.9 Å². The number of anilines is 1. The number of aromatic nitrogens is 2. The molecule has 0 radical (unpaired) electrons. The summed E-state index contributed by atoms with van der Waals surface area (Å²) in [6.45, 7) is 0. The molecule has 5 heteroatoms. The van der Waals surface area contributed by atoms with Crippen LogP contribution < -0.4 is 5.73 Å². The molecule has 90 valence electrons. The van der Waals surface area contributed by atoms with Gasteiger partial charge in [0.25, 0.3) is 5.22 Å². The fourth-order valence-corrected chi connectivity index (χ4v) is 2.40. The van der Waals surface area contributed by atoms with Crippen molar-refractivity contribution in [2.45, 2.75) is 11.0 Å². The number of pyridine rings is 1. The number of hydrogen-bond acceptors (Lipinski definition) is 5. The predicted molar refractivity (Wildman–Crippen MR) is 72.2 cm³/mol. The molecule has 3 rings (SSSR count). The van der Waals surface area contributed by atoms with Crippen LogP contribution in [0.4, 0.5) is 5.69 Å². The summed E-state index contributed by atoms with van der Waals surface area (Å²) < 4.78 is 5.63. The van der Waals surface area contributed by atoms with Gasteiger partial charge in [-0.25, -0.2) is 4.98 Å². The standard InChI is InChI=1S/C13H11N3OS/c14-10-1-2-12-11(7-10)16-13(17-12)18-8-9-3-5-15-6-4-9/h1-7H,8,14H2. The van der Waals surface area contributed by atoms with E-state index in [4.69, 9.17) is 10.2 Å². The van der Waals surface area contributed by atoms with Crippen molar-refractivity contribution < 1.29 is 4.42 Å². The Morgan fingerprint density at radius 1 is 1.17 bits per heavy atom. The van der Waals surface area contributed by atoms with E-state index in [9.17, 15) is 0 Å². The summed E-state index contributed by atoms with van der Waals surface area (Å²) in [6, 6.07) is 9.43. The summed E-state index contributed by atoms with van der Waals surface area (Å²) in [6.07, 6.45) is 3.56. The molecule has 0 fully saturated rings. The maximum atomic E-state index is 5.70. The van der Waals surface area contributed by atoms with Crippen molar-refractivity contribution in [2.24, 2.45) is 0 Å². The topological polar surface area (TPSA) is 64.9 Å². The van der Waals surface area contributed by atoms with Crippen molar-refractivity contribution >= 4 is 28.5 Å². The summed E-state index contributed by atoms with van der Waals surface area (Å²) in [5, 5.41) is 0.660. The van der Waals surface area contributed by atoms with E-state index >= 15 is 0 Å². The summed E-state index contributed by atoms with van der Waals surface area (Å²) in [5.74, 6) is 0.810. The number of nitrogens with two attached hydrogens (primary N) is 1. The average Bonchev–Trinajstić information content (AvgIpc) is 2.79. The highest BCUT2D eigenvalue weighted by atomic mass is 32.2. The summed E-state index contributed by atoms with van der Waals surface area (Å²) in [7, 11) is 0. The second-order valence-corrected chi connectivity index (χ2v) is 4.78. The number of oxazole rings is 1. The van der Waals surface area contributed by atoms with Crippen LogP contribution in [0.25, 0.3) is 11.1 Å². The van der Waals surface area contributed by atoms with E-state index in [0.717, 1.165) is 16.9 Å². The molecule has 3 aromatic rings. The molecule has 0 atom stereocenters. The highest BCUT2D eigenvalue weighted by Crippen LogP contribution is 2.26. The van der Waals surface area contributed by atoms with Gasteiger partial charge in [-0.15, -0.1) is 0 Å². The van der Waals surface area contributed by atoms with Gasteiger partial charge in [0.1, 0.15) is 5.52 Å². The molecule has 0 unspecified atom stereocenters. The predicted octanol–water partition coefficient (Wildman–Crippen LogP) is 3.10. The zero-order valence-electron chi connectivity index (χ0n) is 9.54. The molecule has 2 aromatic heterocycles. The Balaban J connectivity index is 1.79. The second kappa shape index (κ2) is 4.70. The van der Waals surface area contributed by atoms with Crippen LogP contribution in [-0.2, 0) is 5.75 Å². The van der Waals surface area contributed by atoms with Crippen molar-refractivity contribution in [3.8, 4) is 0 Å². The molecule has 0 spiro atoms. The lowest BCUT2D eigenvalue weighted by Gasteiger charge is -1.96. The average molecular weight is 257 g/mol. The molecule has 0 aliphatic heterocycles. The van der Waals surface area contributed by atoms with Gasteiger partial charge in [0.15, 0.2) is 5.58 Å². The van der Waals surface area contributed by atoms with Crippen LogP contribution in [0.15, 0.2) is 52.4 Å². The third-order valence-electron chi connectivity index (χ3n) is 2.50. The van der Waals surface area contributed by atoms with Crippen molar-refractivity contribution in [1.29, 1.82) is 0 Å². The molecule has 0 saturated carbocycles. The first kappa shape index (κ1) is 11.1. The zero-order chi connectivity index (χ0) is 12.4. The molecule has 0 amide bonds. The monoisotopic (exact) mass is 257 g/mol. The number of nitrogens with zero attached hydrogens (tertiary/aromatic N) is 2. The zero-order valence-corrected chi connectivity index (χ0v) is 10.4. The number of benzene rings is 1. The van der Waals surface area contributed by atoms with Crippen LogP contribution in [0.5, 0.6) is 0 Å². The van der Waals surface area contributed by atoms with Gasteiger partial charge in [-0.3, -0.25) is 4.98 Å². The van der Waals surface area contributed by atoms with E-state index in [1.54, 1.807) is 24.2 Å². The van der Waals surface area contributed by atoms with Crippen LogP contribution in [-0.4, -0.2) is 9.97 Å². The minimum absolute atomic E-state index is 0.660. The maximum absolute atomic E-state index is 5.70. The summed E-state index contributed by atoms with van der Waals surface area (Å²) >= 11 is 1.56. The largest absolute Gasteiger partial charge is 0.431 e. The molecule has 2 heterocycles. The number of nitrogen functional groups attached to an aromatic ring is 1. The Kier molecular flexibility index (Phi) is 2.90. The van der Waals surface area contributed by atoms with E-state index in [0.29, 0.717) is 10.9 Å². The van der Waals surface area contributed by atoms with Crippen LogP contribution in [0.2, 0.25) is 0 Å². The Labute approximate surface area is 108 Å². The Hall–Kier alpha value is -2.01. The van der Waals surface area contributed by atoms with Gasteiger partial charge >= 0.3 is 0 Å². The molecule has 1 aromatic carbocycles. The molecule has 0 saturated heterocycles. The lowest BCUT2D eigenvalue weighted by Crippen LogP contribution is -1.82. The molecule has 0 aliphatic rings. The van der Waals surface area contributed by atoms with E-state index in [2.05, 4.69) is 9.97 Å². The molecule has 18 heavy (non-hydrogen) atoms. The Bertz CT molecular complexity index is 666. The fourth-order valence-electron chi connectivity index (χ4n) is 1.61. The first-order chi connectivity index (χ1) is 8.81. The minimum Gasteiger partial charge on any atom is -0.431 e. The Morgan fingerprint density at radius 2 is 2.00 bits per heavy atom. The lowest BCUT2D eigenvalue weighted by molar-refractivity contribution is 0.489. The van der Waals surface area contributed by atoms with Gasteiger partial charge in [0, 0.05) is 23.8 Å². The Morgan fingerprint density at radius 3 is 2.83 bits per heavy atom. The van der Waals surface area contributed by atoms with Gasteiger partial charge in [-0.2, -0.15) is 0 Å². The van der Waals surface area contributed by atoms with Gasteiger partial charge in [-0.1, -0.05) is 11.8 Å². The van der Waals surface area contributed by atoms with Gasteiger partial charge in [0.2, 0.25) is 0 Å². The molecule has 4 nitrogen and oxygen atoms in total. The number of fused-ring (bicyclic) bond motifs is 1. The minimum atomic E-state index is 0.660. The SMILES string of the molecule is Nc1ccc2oc(SCc3ccncc3)nc2c1. The van der Waals surface area contributed by atoms with E-state index in [1.165, 1.54) is 5.56 Å². The van der Waals surface area contributed by atoms with Crippen molar-refractivity contribution in [3.05, 3.63) is 48.3 Å². The smallest absolute Gasteiger partial charge is 0.257 e. The quantitative estimate of drug-likeness (QED) is 0.577. The van der Waals surface area contributed by atoms with Crippen LogP contribution >= 0.6 is 11.8 Å². The van der Waals surface area contributed by atoms with Crippen LogP contribution in [0.3, 0.4) is 0 Å². The fraction of sp³-hybridized carbons (Fsp3) is 0.0769. The maximum Gasteiger partial charge on any atom is 0.257 e. The second-order valence-electron chi connectivity index (χ2n) is 3.85. The van der Waals surface area contributed by atoms with Crippen molar-refractivity contribution in [3.63, 3.8) is 0 Å². The van der Waals surface area contributed by atoms with E-state index < -0.39 is 0 Å². The van der Waals surface area contributed by atoms with Crippen molar-refractivity contribution in [2.75, 3.05) is 5.73 Å². The van der Waals surface area contributed by atoms with E-state index in [-0.39, 0.29) is 0 Å². The van der Waals surface area contributed by atoms with Gasteiger partial charge < -0.3 is 10.2 Å². The number of hydrogen-bond donors (Lipinski definition) is 1. The summed E-state index contributed by atoms with van der Waals surface area (Å²) in [5.41, 5.74) is 9.15. The molecule has 0 bridgehead atoms. The molecule has 2 N–H and O–H groups in total. The van der Waals surface area contributed by atoms with Crippen molar-refractivity contribution in [1.82, 2.24) is 9.97 Å². The third kappa shape index (κ3) is 2.31. The lowest BCUT2D eigenvalue weighted by atomic mass is 10.3. The highest BCUT2D eigenvalue weighted by Gasteiger charge is 2.06. The normalized spacial score (nSPS) is 10.9. The molecule has 0 aliphatic carbocycles. The molecular weight excluding hydrogens is 246 g/mol. The first-order valence-electron chi connectivity index (χ1n) is 5.49. The molecular formula is C13H11N3OS. The van der Waals surface area contributed by atoms with Gasteiger partial charge in [0.05, 0.1) is 0 Å².